The van der Waals surface area contributed by atoms with Crippen LogP contribution < -0.4 is 0 Å². The van der Waals surface area contributed by atoms with Gasteiger partial charge in [-0.2, -0.15) is 0 Å². The lowest BCUT2D eigenvalue weighted by molar-refractivity contribution is 0.0780. The Bertz CT molecular complexity index is 452. The number of aliphatic hydroxyl groups excluding tert-OH is 1. The van der Waals surface area contributed by atoms with E-state index in [-0.39, 0.29) is 49.9 Å². The minimum atomic E-state index is -3.61. The first-order valence-corrected chi connectivity index (χ1v) is 9.39. The van der Waals surface area contributed by atoms with Crippen LogP contribution in [0.3, 0.4) is 0 Å². The Morgan fingerprint density at radius 2 is 1.82 bits per heavy atom. The molecule has 0 bridgehead atoms. The monoisotopic (exact) mass is 339 g/mol. The molecule has 1 N–H and O–H groups in total. The van der Waals surface area contributed by atoms with E-state index >= 15 is 0 Å². The first-order chi connectivity index (χ1) is 10.4. The second-order valence-electron chi connectivity index (χ2n) is 5.74. The van der Waals surface area contributed by atoms with E-state index in [2.05, 4.69) is 4.99 Å². The van der Waals surface area contributed by atoms with Crippen LogP contribution in [0.5, 0.6) is 0 Å². The van der Waals surface area contributed by atoms with E-state index in [1.54, 1.807) is 13.8 Å². The molecule has 0 aromatic carbocycles. The van der Waals surface area contributed by atoms with Crippen molar-refractivity contribution in [2.24, 2.45) is 10.9 Å². The molecule has 0 saturated heterocycles. The van der Waals surface area contributed by atoms with Gasteiger partial charge in [0, 0.05) is 6.42 Å². The molecule has 128 valence electrons. The molecule has 8 heteroatoms. The third kappa shape index (κ3) is 3.75. The van der Waals surface area contributed by atoms with E-state index < -0.39 is 26.0 Å². The zero-order valence-electron chi connectivity index (χ0n) is 13.0. The van der Waals surface area contributed by atoms with Gasteiger partial charge in [0.1, 0.15) is 18.4 Å². The fraction of sp³-hybridized carbons (Fsp3) is 0.929. The lowest BCUT2D eigenvalue weighted by atomic mass is 9.81. The molecule has 0 spiro atoms. The standard InChI is InChI=1S/C14H24F2NO4P/c1-3-20-22(19,21-4-2)14-13(18)8-12(17-14)9-5-6-10(15)11(16)7-9/h9-13,18H,3-8H2,1-2H3/t9?,10?,11?,12-,13?/m0/s1. The van der Waals surface area contributed by atoms with Gasteiger partial charge < -0.3 is 14.2 Å². The van der Waals surface area contributed by atoms with Crippen molar-refractivity contribution in [2.75, 3.05) is 13.2 Å². The van der Waals surface area contributed by atoms with Gasteiger partial charge in [0.05, 0.1) is 19.3 Å². The Morgan fingerprint density at radius 3 is 2.36 bits per heavy atom. The van der Waals surface area contributed by atoms with Gasteiger partial charge in [0.25, 0.3) is 0 Å². The van der Waals surface area contributed by atoms with Crippen molar-refractivity contribution >= 4 is 13.0 Å². The summed E-state index contributed by atoms with van der Waals surface area (Å²) in [6.45, 7) is 3.71. The Morgan fingerprint density at radius 1 is 1.18 bits per heavy atom. The van der Waals surface area contributed by atoms with Crippen molar-refractivity contribution in [3.8, 4) is 0 Å². The van der Waals surface area contributed by atoms with E-state index in [0.717, 1.165) is 0 Å². The van der Waals surface area contributed by atoms with Crippen molar-refractivity contribution in [1.29, 1.82) is 0 Å². The van der Waals surface area contributed by atoms with Gasteiger partial charge >= 0.3 is 7.60 Å². The molecule has 1 fully saturated rings. The first-order valence-electron chi connectivity index (χ1n) is 7.84. The normalized spacial score (nSPS) is 36.4. The molecule has 0 amide bonds. The third-order valence-corrected chi connectivity index (χ3v) is 6.39. The summed E-state index contributed by atoms with van der Waals surface area (Å²) in [7, 11) is -3.61. The second-order valence-corrected chi connectivity index (χ2v) is 7.71. The zero-order valence-corrected chi connectivity index (χ0v) is 13.8. The summed E-state index contributed by atoms with van der Waals surface area (Å²) in [6.07, 6.45) is -2.89. The second kappa shape index (κ2) is 7.47. The SMILES string of the molecule is CCOP(=O)(OCC)C1=N[C@H](C2CCC(F)C(F)C2)CC1O. The highest BCUT2D eigenvalue weighted by atomic mass is 31.2. The summed E-state index contributed by atoms with van der Waals surface area (Å²) in [6, 6.07) is -0.356. The van der Waals surface area contributed by atoms with Crippen LogP contribution in [0, 0.1) is 5.92 Å². The molecule has 0 aromatic heterocycles. The maximum absolute atomic E-state index is 13.6. The van der Waals surface area contributed by atoms with Crippen LogP contribution >= 0.6 is 7.60 Å². The summed E-state index contributed by atoms with van der Waals surface area (Å²) >= 11 is 0. The van der Waals surface area contributed by atoms with Crippen LogP contribution in [-0.2, 0) is 13.6 Å². The van der Waals surface area contributed by atoms with Crippen molar-refractivity contribution in [1.82, 2.24) is 0 Å². The molecule has 0 radical (unpaired) electrons. The van der Waals surface area contributed by atoms with Crippen molar-refractivity contribution in [3.05, 3.63) is 0 Å². The highest BCUT2D eigenvalue weighted by molar-refractivity contribution is 7.72. The Labute approximate surface area is 129 Å². The number of halogens is 2. The molecule has 5 nitrogen and oxygen atoms in total. The average Bonchev–Trinajstić information content (AvgIpc) is 2.85. The van der Waals surface area contributed by atoms with Gasteiger partial charge in [-0.05, 0) is 39.0 Å². The van der Waals surface area contributed by atoms with E-state index in [0.29, 0.717) is 6.42 Å². The molecule has 22 heavy (non-hydrogen) atoms. The van der Waals surface area contributed by atoms with Crippen LogP contribution in [0.25, 0.3) is 0 Å². The molecule has 4 unspecified atom stereocenters. The largest absolute Gasteiger partial charge is 0.386 e. The van der Waals surface area contributed by atoms with Gasteiger partial charge in [-0.3, -0.25) is 9.56 Å². The van der Waals surface area contributed by atoms with Crippen LogP contribution in [0.1, 0.15) is 39.5 Å². The molecule has 1 aliphatic carbocycles. The minimum Gasteiger partial charge on any atom is -0.386 e. The number of aliphatic imine (C=N–C) groups is 1. The number of rotatable bonds is 6. The smallest absolute Gasteiger partial charge is 0.377 e. The minimum absolute atomic E-state index is 0.0268. The third-order valence-electron chi connectivity index (χ3n) is 4.22. The molecule has 0 aromatic rings. The average molecular weight is 339 g/mol. The molecule has 5 atom stereocenters. The Balaban J connectivity index is 2.14. The predicted octanol–water partition coefficient (Wildman–Crippen LogP) is 3.26. The Hall–Kier alpha value is -0.360. The van der Waals surface area contributed by atoms with Gasteiger partial charge in [0.2, 0.25) is 0 Å². The number of nitrogens with zero attached hydrogens (tertiary/aromatic N) is 1. The first kappa shape index (κ1) is 18.0. The number of alkyl halides is 2. The molecule has 1 saturated carbocycles. The van der Waals surface area contributed by atoms with Crippen LogP contribution in [0.15, 0.2) is 4.99 Å². The van der Waals surface area contributed by atoms with Crippen LogP contribution in [0.4, 0.5) is 8.78 Å². The number of hydrogen-bond acceptors (Lipinski definition) is 5. The van der Waals surface area contributed by atoms with E-state index in [1.807, 2.05) is 0 Å². The lowest BCUT2D eigenvalue weighted by Gasteiger charge is -2.30. The maximum atomic E-state index is 13.6. The molecular weight excluding hydrogens is 315 g/mol. The fourth-order valence-corrected chi connectivity index (χ4v) is 4.94. The van der Waals surface area contributed by atoms with Crippen LogP contribution in [-0.4, -0.2) is 48.3 Å². The molecule has 1 aliphatic heterocycles. The summed E-state index contributed by atoms with van der Waals surface area (Å²) in [5.41, 5.74) is 0.0268. The van der Waals surface area contributed by atoms with Crippen LogP contribution in [0.2, 0.25) is 0 Å². The Kier molecular flexibility index (Phi) is 6.11. The summed E-state index contributed by atoms with van der Waals surface area (Å²) < 4.78 is 49.9. The molecule has 2 rings (SSSR count). The summed E-state index contributed by atoms with van der Waals surface area (Å²) in [4.78, 5) is 4.33. The topological polar surface area (TPSA) is 68.1 Å². The van der Waals surface area contributed by atoms with Gasteiger partial charge in [0.15, 0.2) is 5.45 Å². The van der Waals surface area contributed by atoms with Crippen molar-refractivity contribution in [2.45, 2.75) is 64.0 Å². The van der Waals surface area contributed by atoms with Gasteiger partial charge in [-0.25, -0.2) is 8.78 Å². The summed E-state index contributed by atoms with van der Waals surface area (Å²) in [5, 5.41) is 10.2. The highest BCUT2D eigenvalue weighted by Crippen LogP contribution is 2.53. The van der Waals surface area contributed by atoms with Crippen molar-refractivity contribution in [3.63, 3.8) is 0 Å². The quantitative estimate of drug-likeness (QED) is 0.754. The highest BCUT2D eigenvalue weighted by Gasteiger charge is 2.45. The molecule has 2 aliphatic rings. The maximum Gasteiger partial charge on any atom is 0.377 e. The molecular formula is C14H24F2NO4P. The lowest BCUT2D eigenvalue weighted by Crippen LogP contribution is -2.32. The number of hydrogen-bond donors (Lipinski definition) is 1. The fourth-order valence-electron chi connectivity index (χ4n) is 3.16. The van der Waals surface area contributed by atoms with Gasteiger partial charge in [-0.1, -0.05) is 0 Å². The predicted molar refractivity (Wildman–Crippen MR) is 79.8 cm³/mol. The van der Waals surface area contributed by atoms with E-state index in [9.17, 15) is 18.5 Å². The van der Waals surface area contributed by atoms with E-state index in [4.69, 9.17) is 9.05 Å². The van der Waals surface area contributed by atoms with E-state index in [1.165, 1.54) is 0 Å². The number of aliphatic hydroxyl groups is 1. The zero-order chi connectivity index (χ0) is 16.3. The summed E-state index contributed by atoms with van der Waals surface area (Å²) in [5.74, 6) is -0.147. The molecule has 1 heterocycles. The van der Waals surface area contributed by atoms with Crippen molar-refractivity contribution < 1.29 is 27.5 Å². The van der Waals surface area contributed by atoms with Gasteiger partial charge in [-0.15, -0.1) is 0 Å².